The lowest BCUT2D eigenvalue weighted by atomic mass is 9.80. The number of hydrogen-bond acceptors (Lipinski definition) is 7. The number of carbonyl (C=O) groups is 3. The lowest BCUT2D eigenvalue weighted by molar-refractivity contribution is -0.147. The average Bonchev–Trinajstić information content (AvgIpc) is 3.98. The molecular formula is C42H53Cl2N3O7. The van der Waals surface area contributed by atoms with E-state index < -0.39 is 11.4 Å². The summed E-state index contributed by atoms with van der Waals surface area (Å²) in [4.78, 5) is 41.0. The van der Waals surface area contributed by atoms with Crippen molar-refractivity contribution in [2.75, 3.05) is 45.3 Å². The number of aliphatic carboxylic acids is 1. The summed E-state index contributed by atoms with van der Waals surface area (Å²) in [6, 6.07) is 17.8. The molecule has 1 aliphatic heterocycles. The molecule has 2 aliphatic rings. The summed E-state index contributed by atoms with van der Waals surface area (Å²) >= 11 is 12.6. The highest BCUT2D eigenvalue weighted by molar-refractivity contribution is 6.37. The van der Waals surface area contributed by atoms with Crippen molar-refractivity contribution in [3.05, 3.63) is 86.9 Å². The molecule has 2 atom stereocenters. The maximum Gasteiger partial charge on any atom is 0.309 e. The molecule has 3 aromatic rings. The van der Waals surface area contributed by atoms with Crippen molar-refractivity contribution in [3.8, 4) is 11.5 Å². The van der Waals surface area contributed by atoms with E-state index >= 15 is 0 Å². The van der Waals surface area contributed by atoms with Gasteiger partial charge in [0.2, 0.25) is 11.8 Å². The second-order valence-corrected chi connectivity index (χ2v) is 15.9. The molecule has 0 spiro atoms. The fourth-order valence-electron chi connectivity index (χ4n) is 6.89. The number of halogens is 2. The van der Waals surface area contributed by atoms with Gasteiger partial charge in [-0.2, -0.15) is 0 Å². The minimum Gasteiger partial charge on any atom is -0.490 e. The highest BCUT2D eigenvalue weighted by Gasteiger charge is 2.40. The molecule has 0 aromatic heterocycles. The Bertz CT molecular complexity index is 1740. The number of hydrogen-bond donors (Lipinski definition) is 3. The van der Waals surface area contributed by atoms with E-state index in [1.165, 1.54) is 0 Å². The fourth-order valence-corrected chi connectivity index (χ4v) is 7.59. The maximum atomic E-state index is 14.5. The van der Waals surface area contributed by atoms with E-state index in [0.717, 1.165) is 60.9 Å². The zero-order valence-corrected chi connectivity index (χ0v) is 33.2. The van der Waals surface area contributed by atoms with Gasteiger partial charge in [-0.1, -0.05) is 41.4 Å². The number of anilines is 1. The van der Waals surface area contributed by atoms with Crippen LogP contribution in [-0.2, 0) is 32.1 Å². The molecule has 10 nitrogen and oxygen atoms in total. The predicted octanol–water partition coefficient (Wildman–Crippen LogP) is 8.05. The number of aryl methyl sites for hydroxylation is 2. The van der Waals surface area contributed by atoms with E-state index in [2.05, 4.69) is 28.8 Å². The average molecular weight is 783 g/mol. The summed E-state index contributed by atoms with van der Waals surface area (Å²) in [7, 11) is 1.67. The minimum absolute atomic E-state index is 0.0495. The standard InChI is InChI=1S/C42H53Cl2N3O7/c1-27-20-36(43)39(37(44)21-27)54-19-18-53-33-11-7-30(8-12-33)34-14-16-45-25-35(34)40(49)47(32-9-10-32)26-29-22-28(6-5-17-52-4)23-31(24-29)46-38(48)13-15-42(2,3)41(50)51/h7-8,11-12,20-24,32,34-35,45H,5-6,9-10,13-19,25-26H2,1-4H3,(H,46,48)(H,50,51)/t34-,35+/m1/s1. The van der Waals surface area contributed by atoms with Gasteiger partial charge in [-0.25, -0.2) is 0 Å². The summed E-state index contributed by atoms with van der Waals surface area (Å²) in [5.74, 6) is -0.0694. The first kappa shape index (κ1) is 41.3. The Morgan fingerprint density at radius 2 is 1.63 bits per heavy atom. The van der Waals surface area contributed by atoms with Gasteiger partial charge in [0.05, 0.1) is 21.4 Å². The smallest absolute Gasteiger partial charge is 0.309 e. The number of carboxylic acid groups (broad SMARTS) is 1. The lowest BCUT2D eigenvalue weighted by Gasteiger charge is -2.36. The van der Waals surface area contributed by atoms with Crippen LogP contribution in [0.3, 0.4) is 0 Å². The Balaban J connectivity index is 1.25. The molecule has 5 rings (SSSR count). The lowest BCUT2D eigenvalue weighted by Crippen LogP contribution is -2.47. The van der Waals surface area contributed by atoms with E-state index in [9.17, 15) is 19.5 Å². The second-order valence-electron chi connectivity index (χ2n) is 15.1. The minimum atomic E-state index is -1.000. The summed E-state index contributed by atoms with van der Waals surface area (Å²) in [6.45, 7) is 8.22. The third-order valence-electron chi connectivity index (χ3n) is 10.2. The number of benzene rings is 3. The Hall–Kier alpha value is -3.83. The number of carbonyl (C=O) groups excluding carboxylic acids is 2. The van der Waals surface area contributed by atoms with Gasteiger partial charge in [-0.05, 0) is 130 Å². The van der Waals surface area contributed by atoms with Gasteiger partial charge in [-0.3, -0.25) is 14.4 Å². The van der Waals surface area contributed by atoms with E-state index in [1.807, 2.05) is 48.2 Å². The van der Waals surface area contributed by atoms with Gasteiger partial charge in [0, 0.05) is 45.0 Å². The van der Waals surface area contributed by atoms with Crippen molar-refractivity contribution in [1.82, 2.24) is 10.2 Å². The zero-order valence-electron chi connectivity index (χ0n) is 31.7. The van der Waals surface area contributed by atoms with Gasteiger partial charge in [-0.15, -0.1) is 0 Å². The first-order valence-corrected chi connectivity index (χ1v) is 19.6. The number of piperidine rings is 1. The van der Waals surface area contributed by atoms with E-state index in [-0.39, 0.29) is 49.1 Å². The molecule has 3 N–H and O–H groups in total. The first-order valence-electron chi connectivity index (χ1n) is 18.8. The third-order valence-corrected chi connectivity index (χ3v) is 10.7. The Morgan fingerprint density at radius 3 is 2.30 bits per heavy atom. The number of rotatable bonds is 19. The van der Waals surface area contributed by atoms with Crippen LogP contribution in [0.4, 0.5) is 5.69 Å². The van der Waals surface area contributed by atoms with Crippen LogP contribution in [0.15, 0.2) is 54.6 Å². The molecule has 1 saturated carbocycles. The molecule has 292 valence electrons. The maximum absolute atomic E-state index is 14.5. The Kier molecular flexibility index (Phi) is 14.7. The topological polar surface area (TPSA) is 126 Å². The van der Waals surface area contributed by atoms with Crippen molar-refractivity contribution in [2.24, 2.45) is 11.3 Å². The SMILES string of the molecule is COCCCc1cc(CN(C(=O)[C@H]2CNCC[C@@H]2c2ccc(OCCOc3c(Cl)cc(C)cc3Cl)cc2)C2CC2)cc(NC(=O)CCC(C)(C)C(=O)O)c1. The van der Waals surface area contributed by atoms with Crippen molar-refractivity contribution in [2.45, 2.75) is 84.2 Å². The van der Waals surface area contributed by atoms with Crippen LogP contribution in [0.2, 0.25) is 10.0 Å². The molecule has 12 heteroatoms. The van der Waals surface area contributed by atoms with E-state index in [4.69, 9.17) is 37.4 Å². The van der Waals surface area contributed by atoms with Gasteiger partial charge < -0.3 is 34.9 Å². The Labute approximate surface area is 328 Å². The molecule has 2 fully saturated rings. The normalized spacial score (nSPS) is 17.1. The summed E-state index contributed by atoms with van der Waals surface area (Å²) in [6.07, 6.45) is 4.65. The Morgan fingerprint density at radius 1 is 0.944 bits per heavy atom. The zero-order chi connectivity index (χ0) is 38.8. The predicted molar refractivity (Wildman–Crippen MR) is 212 cm³/mol. The summed E-state index contributed by atoms with van der Waals surface area (Å²) in [5.41, 5.74) is 3.70. The molecule has 3 aromatic carbocycles. The van der Waals surface area contributed by atoms with Gasteiger partial charge in [0.15, 0.2) is 5.75 Å². The molecule has 0 unspecified atom stereocenters. The molecule has 1 aliphatic carbocycles. The van der Waals surface area contributed by atoms with E-state index in [1.54, 1.807) is 21.0 Å². The first-order chi connectivity index (χ1) is 25.8. The van der Waals surface area contributed by atoms with E-state index in [0.29, 0.717) is 53.5 Å². The van der Waals surface area contributed by atoms with Crippen LogP contribution in [0.25, 0.3) is 0 Å². The summed E-state index contributed by atoms with van der Waals surface area (Å²) < 4.78 is 17.0. The highest BCUT2D eigenvalue weighted by atomic mass is 35.5. The number of ether oxygens (including phenoxy) is 3. The largest absolute Gasteiger partial charge is 0.490 e. The quantitative estimate of drug-likeness (QED) is 0.104. The monoisotopic (exact) mass is 781 g/mol. The molecule has 0 bridgehead atoms. The number of methoxy groups -OCH3 is 1. The number of nitrogens with one attached hydrogen (secondary N) is 2. The van der Waals surface area contributed by atoms with Crippen molar-refractivity contribution in [1.29, 1.82) is 0 Å². The van der Waals surface area contributed by atoms with Crippen LogP contribution in [-0.4, -0.2) is 73.9 Å². The van der Waals surface area contributed by atoms with Crippen molar-refractivity contribution in [3.63, 3.8) is 0 Å². The van der Waals surface area contributed by atoms with Gasteiger partial charge in [0.1, 0.15) is 19.0 Å². The molecule has 54 heavy (non-hydrogen) atoms. The van der Waals surface area contributed by atoms with Crippen LogP contribution in [0, 0.1) is 18.3 Å². The van der Waals surface area contributed by atoms with Gasteiger partial charge >= 0.3 is 5.97 Å². The highest BCUT2D eigenvalue weighted by Crippen LogP contribution is 2.37. The van der Waals surface area contributed by atoms with Gasteiger partial charge in [0.25, 0.3) is 0 Å². The molecule has 1 saturated heterocycles. The fraction of sp³-hybridized carbons (Fsp3) is 0.500. The van der Waals surface area contributed by atoms with Crippen LogP contribution >= 0.6 is 23.2 Å². The third kappa shape index (κ3) is 11.6. The molecule has 1 heterocycles. The molecular weight excluding hydrogens is 729 g/mol. The molecule has 0 radical (unpaired) electrons. The van der Waals surface area contributed by atoms with Crippen molar-refractivity contribution >= 4 is 46.7 Å². The van der Waals surface area contributed by atoms with Crippen LogP contribution < -0.4 is 20.1 Å². The number of carboxylic acids is 1. The van der Waals surface area contributed by atoms with Crippen molar-refractivity contribution < 1.29 is 33.7 Å². The van der Waals surface area contributed by atoms with Crippen LogP contribution in [0.1, 0.15) is 80.5 Å². The second kappa shape index (κ2) is 19.2. The number of amides is 2. The number of nitrogens with zero attached hydrogens (tertiary/aromatic N) is 1. The van der Waals surface area contributed by atoms with Crippen LogP contribution in [0.5, 0.6) is 11.5 Å². The summed E-state index contributed by atoms with van der Waals surface area (Å²) in [5, 5.41) is 16.9. The molecule has 2 amide bonds.